The van der Waals surface area contributed by atoms with Gasteiger partial charge in [-0.25, -0.2) is 4.79 Å². The van der Waals surface area contributed by atoms with E-state index in [9.17, 15) is 43.9 Å². The number of carbonyl (C=O) groups is 6. The molecule has 1 saturated heterocycles. The van der Waals surface area contributed by atoms with Gasteiger partial charge in [-0.2, -0.15) is 0 Å². The zero-order valence-electron chi connectivity index (χ0n) is 25.7. The van der Waals surface area contributed by atoms with Crippen LogP contribution in [0.5, 0.6) is 0 Å². The average Bonchev–Trinajstić information content (AvgIpc) is 3.74. The molecule has 1 fully saturated rings. The van der Waals surface area contributed by atoms with Gasteiger partial charge in [0, 0.05) is 37.9 Å². The Kier molecular flexibility index (Phi) is 10.8. The van der Waals surface area contributed by atoms with Gasteiger partial charge in [0.1, 0.15) is 6.04 Å². The van der Waals surface area contributed by atoms with E-state index in [1.165, 1.54) is 11.0 Å². The van der Waals surface area contributed by atoms with Gasteiger partial charge in [-0.3, -0.25) is 24.0 Å². The number of aliphatic carboxylic acids is 2. The summed E-state index contributed by atoms with van der Waals surface area (Å²) in [5.74, 6) is -4.81. The lowest BCUT2D eigenvalue weighted by atomic mass is 9.75. The molecule has 0 saturated carbocycles. The van der Waals surface area contributed by atoms with Gasteiger partial charge in [0.2, 0.25) is 17.7 Å². The van der Waals surface area contributed by atoms with Crippen molar-refractivity contribution in [2.24, 2.45) is 0 Å². The number of likely N-dealkylation sites (tertiary alicyclic amines) is 1. The topological polar surface area (TPSA) is 241 Å². The number of rotatable bonds is 13. The van der Waals surface area contributed by atoms with Crippen LogP contribution >= 0.6 is 0 Å². The van der Waals surface area contributed by atoms with Crippen LogP contribution in [0.15, 0.2) is 36.4 Å². The first kappa shape index (κ1) is 34.6. The fourth-order valence-electron chi connectivity index (χ4n) is 6.02. The van der Waals surface area contributed by atoms with Crippen molar-refractivity contribution < 1.29 is 58.3 Å². The smallest absolute Gasteiger partial charge is 0.481 e. The highest BCUT2D eigenvalue weighted by Gasteiger charge is 2.38. The molecular formula is C30H34B2N4O12. The maximum atomic E-state index is 13.3. The van der Waals surface area contributed by atoms with E-state index in [1.54, 1.807) is 30.3 Å². The summed E-state index contributed by atoms with van der Waals surface area (Å²) in [7, 11) is -2.32. The Bertz CT molecular complexity index is 1620. The molecule has 252 valence electrons. The normalized spacial score (nSPS) is 18.6. The standard InChI is InChI=1S/C30H34B2N4O12/c37-24(33-21(30(43)44)6-9-27(40)41)7-8-26(39)36-12-22(34-25(38)11-16-2-1-3-19-15-48-32(46)28(16)19)23(13-36)35-29(42)17-4-5-18-14-47-31(45)20(18)10-17/h1-5,10,21-23,45-46H,6-9,11-15H2,(H,33,37)(H,34,38)(H,35,42)(H,40,41)(H,43,44). The van der Waals surface area contributed by atoms with Crippen molar-refractivity contribution in [3.05, 3.63) is 58.7 Å². The van der Waals surface area contributed by atoms with Gasteiger partial charge in [-0.15, -0.1) is 0 Å². The second-order valence-corrected chi connectivity index (χ2v) is 11.9. The first-order valence-electron chi connectivity index (χ1n) is 15.3. The van der Waals surface area contributed by atoms with Gasteiger partial charge in [-0.05, 0) is 46.2 Å². The van der Waals surface area contributed by atoms with Crippen LogP contribution in [0.3, 0.4) is 0 Å². The van der Waals surface area contributed by atoms with Crippen molar-refractivity contribution in [3.63, 3.8) is 0 Å². The van der Waals surface area contributed by atoms with Gasteiger partial charge >= 0.3 is 26.2 Å². The molecular weight excluding hydrogens is 630 g/mol. The molecule has 0 radical (unpaired) electrons. The Hall–Kier alpha value is -4.77. The van der Waals surface area contributed by atoms with E-state index in [2.05, 4.69) is 16.0 Å². The second-order valence-electron chi connectivity index (χ2n) is 11.9. The fraction of sp³-hybridized carbons (Fsp3) is 0.400. The van der Waals surface area contributed by atoms with Crippen molar-refractivity contribution in [2.75, 3.05) is 13.1 Å². The quantitative estimate of drug-likeness (QED) is 0.106. The predicted octanol–water partition coefficient (Wildman–Crippen LogP) is -3.00. The summed E-state index contributed by atoms with van der Waals surface area (Å²) in [6.45, 7) is 0.389. The highest BCUT2D eigenvalue weighted by Crippen LogP contribution is 2.17. The summed E-state index contributed by atoms with van der Waals surface area (Å²) in [6, 6.07) is 7.07. The molecule has 0 bridgehead atoms. The van der Waals surface area contributed by atoms with Crippen LogP contribution in [0.2, 0.25) is 0 Å². The third-order valence-electron chi connectivity index (χ3n) is 8.53. The molecule has 2 aromatic carbocycles. The van der Waals surface area contributed by atoms with Crippen LogP contribution in [-0.4, -0.2) is 106 Å². The molecule has 7 N–H and O–H groups in total. The number of nitrogens with zero attached hydrogens (tertiary/aromatic N) is 1. The molecule has 16 nitrogen and oxygen atoms in total. The summed E-state index contributed by atoms with van der Waals surface area (Å²) < 4.78 is 10.5. The molecule has 4 amide bonds. The highest BCUT2D eigenvalue weighted by molar-refractivity contribution is 6.62. The minimum absolute atomic E-state index is 0.0110. The molecule has 3 aliphatic rings. The summed E-state index contributed by atoms with van der Waals surface area (Å²) in [4.78, 5) is 75.8. The number of carboxylic acid groups (broad SMARTS) is 2. The molecule has 0 aromatic heterocycles. The molecule has 18 heteroatoms. The summed E-state index contributed by atoms with van der Waals surface area (Å²) in [6.07, 6.45) is -1.58. The van der Waals surface area contributed by atoms with Gasteiger partial charge < -0.3 is 50.4 Å². The number of fused-ring (bicyclic) bond motifs is 2. The Balaban J connectivity index is 1.25. The van der Waals surface area contributed by atoms with E-state index in [-0.39, 0.29) is 57.6 Å². The van der Waals surface area contributed by atoms with Gasteiger partial charge in [0.15, 0.2) is 0 Å². The zero-order valence-corrected chi connectivity index (χ0v) is 25.7. The third-order valence-corrected chi connectivity index (χ3v) is 8.53. The van der Waals surface area contributed by atoms with Crippen molar-refractivity contribution in [3.8, 4) is 0 Å². The number of hydrogen-bond acceptors (Lipinski definition) is 10. The summed E-state index contributed by atoms with van der Waals surface area (Å²) in [5, 5.41) is 46.4. The zero-order chi connectivity index (χ0) is 34.5. The van der Waals surface area contributed by atoms with Crippen molar-refractivity contribution in [2.45, 2.75) is 63.4 Å². The van der Waals surface area contributed by atoms with Crippen molar-refractivity contribution in [1.82, 2.24) is 20.9 Å². The van der Waals surface area contributed by atoms with Crippen LogP contribution < -0.4 is 26.9 Å². The van der Waals surface area contributed by atoms with Gasteiger partial charge in [-0.1, -0.05) is 24.3 Å². The highest BCUT2D eigenvalue weighted by atomic mass is 16.5. The lowest BCUT2D eigenvalue weighted by molar-refractivity contribution is -0.143. The fourth-order valence-corrected chi connectivity index (χ4v) is 6.02. The number of benzene rings is 2. The minimum Gasteiger partial charge on any atom is -0.481 e. The SMILES string of the molecule is O=C(O)CCC(NC(=O)CCC(=O)N1CC(NC(=O)Cc2cccc3c2B(O)OC3)C(NC(=O)c2ccc3c(c2)B(O)OC3)C1)C(=O)O. The van der Waals surface area contributed by atoms with E-state index in [0.717, 1.165) is 11.1 Å². The van der Waals surface area contributed by atoms with E-state index in [0.29, 0.717) is 16.5 Å². The average molecular weight is 664 g/mol. The first-order valence-corrected chi connectivity index (χ1v) is 15.3. The summed E-state index contributed by atoms with van der Waals surface area (Å²) in [5.41, 5.74) is 3.29. The van der Waals surface area contributed by atoms with Gasteiger partial charge in [0.25, 0.3) is 5.91 Å². The number of carboxylic acids is 2. The molecule has 3 unspecified atom stereocenters. The molecule has 3 atom stereocenters. The van der Waals surface area contributed by atoms with E-state index in [1.807, 2.05) is 0 Å². The Morgan fingerprint density at radius 1 is 0.854 bits per heavy atom. The van der Waals surface area contributed by atoms with Crippen molar-refractivity contribution in [1.29, 1.82) is 0 Å². The predicted molar refractivity (Wildman–Crippen MR) is 167 cm³/mol. The second kappa shape index (κ2) is 15.0. The van der Waals surface area contributed by atoms with Crippen LogP contribution in [0.1, 0.15) is 52.7 Å². The van der Waals surface area contributed by atoms with Crippen LogP contribution in [0, 0.1) is 0 Å². The number of amides is 4. The lowest BCUT2D eigenvalue weighted by Gasteiger charge is -2.21. The molecule has 0 aliphatic carbocycles. The summed E-state index contributed by atoms with van der Waals surface area (Å²) >= 11 is 0. The van der Waals surface area contributed by atoms with Crippen LogP contribution in [-0.2, 0) is 52.9 Å². The largest absolute Gasteiger partial charge is 0.492 e. The van der Waals surface area contributed by atoms with E-state index >= 15 is 0 Å². The molecule has 3 heterocycles. The molecule has 5 rings (SSSR count). The Morgan fingerprint density at radius 2 is 1.56 bits per heavy atom. The maximum absolute atomic E-state index is 13.3. The molecule has 3 aliphatic heterocycles. The first-order chi connectivity index (χ1) is 22.9. The maximum Gasteiger partial charge on any atom is 0.492 e. The van der Waals surface area contributed by atoms with Gasteiger partial charge in [0.05, 0.1) is 31.7 Å². The number of carbonyl (C=O) groups excluding carboxylic acids is 4. The van der Waals surface area contributed by atoms with E-state index < -0.39 is 74.4 Å². The number of nitrogens with one attached hydrogen (secondary N) is 3. The van der Waals surface area contributed by atoms with Crippen LogP contribution in [0.4, 0.5) is 0 Å². The Labute approximate surface area is 275 Å². The molecule has 2 aromatic rings. The van der Waals surface area contributed by atoms with Crippen LogP contribution in [0.25, 0.3) is 0 Å². The Morgan fingerprint density at radius 3 is 2.29 bits per heavy atom. The number of hydrogen-bond donors (Lipinski definition) is 7. The van der Waals surface area contributed by atoms with Crippen molar-refractivity contribution >= 4 is 60.7 Å². The molecule has 0 spiro atoms. The monoisotopic (exact) mass is 664 g/mol. The molecule has 48 heavy (non-hydrogen) atoms. The minimum atomic E-state index is -1.43. The van der Waals surface area contributed by atoms with E-state index in [4.69, 9.17) is 14.4 Å². The lowest BCUT2D eigenvalue weighted by Crippen LogP contribution is -2.51. The third kappa shape index (κ3) is 8.20.